The summed E-state index contributed by atoms with van der Waals surface area (Å²) in [5.74, 6) is 0.192. The van der Waals surface area contributed by atoms with Gasteiger partial charge >= 0.3 is 0 Å². The van der Waals surface area contributed by atoms with Crippen molar-refractivity contribution < 1.29 is 19.1 Å². The van der Waals surface area contributed by atoms with Crippen LogP contribution in [0.1, 0.15) is 36.1 Å². The highest BCUT2D eigenvalue weighted by Gasteiger charge is 2.06. The Morgan fingerprint density at radius 2 is 1.86 bits per heavy atom. The number of methoxy groups -OCH3 is 1. The van der Waals surface area contributed by atoms with Crippen LogP contribution in [0.4, 0.5) is 5.95 Å². The zero-order chi connectivity index (χ0) is 26.5. The Kier molecular flexibility index (Phi) is 11.1. The van der Waals surface area contributed by atoms with Crippen molar-refractivity contribution >= 4 is 29.4 Å². The first-order valence-corrected chi connectivity index (χ1v) is 12.2. The van der Waals surface area contributed by atoms with Crippen LogP contribution in [-0.2, 0) is 40.4 Å². The van der Waals surface area contributed by atoms with Gasteiger partial charge in [-0.05, 0) is 30.4 Å². The van der Waals surface area contributed by atoms with Gasteiger partial charge in [-0.3, -0.25) is 14.3 Å². The number of nitrogens with zero attached hydrogens (tertiary/aromatic N) is 5. The molecule has 0 bridgehead atoms. The summed E-state index contributed by atoms with van der Waals surface area (Å²) in [5.41, 5.74) is 8.33. The fraction of sp³-hybridized carbons (Fsp3) is 0.417. The number of nitrogen functional groups attached to an aromatic ring is 1. The topological polar surface area (TPSA) is 159 Å². The number of anilines is 1. The Morgan fingerprint density at radius 1 is 1.08 bits per heavy atom. The van der Waals surface area contributed by atoms with Gasteiger partial charge in [0, 0.05) is 45.4 Å². The van der Waals surface area contributed by atoms with Gasteiger partial charge < -0.3 is 25.8 Å². The molecule has 0 saturated carbocycles. The van der Waals surface area contributed by atoms with Crippen molar-refractivity contribution in [2.75, 3.05) is 26.0 Å². The molecule has 4 N–H and O–H groups in total. The van der Waals surface area contributed by atoms with E-state index in [-0.39, 0.29) is 29.5 Å². The summed E-state index contributed by atoms with van der Waals surface area (Å²) in [6.07, 6.45) is 4.38. The number of benzene rings is 1. The van der Waals surface area contributed by atoms with Gasteiger partial charge in [0.1, 0.15) is 18.4 Å². The third-order valence-electron chi connectivity index (χ3n) is 5.17. The SMILES string of the molecule is COCC(=O)NCCCc1cn(CCCC(=O)NCc2ccc(COc3cc(Cl)nc(N)n3)cc2)nn1. The number of carbonyl (C=O) groups is 2. The molecule has 0 aliphatic rings. The Balaban J connectivity index is 1.29. The first-order valence-electron chi connectivity index (χ1n) is 11.8. The van der Waals surface area contributed by atoms with E-state index in [4.69, 9.17) is 26.8 Å². The van der Waals surface area contributed by atoms with Crippen LogP contribution in [0.2, 0.25) is 5.15 Å². The van der Waals surface area contributed by atoms with E-state index in [1.807, 2.05) is 30.5 Å². The number of aromatic nitrogens is 5. The van der Waals surface area contributed by atoms with Gasteiger partial charge in [-0.2, -0.15) is 4.98 Å². The Labute approximate surface area is 219 Å². The highest BCUT2D eigenvalue weighted by molar-refractivity contribution is 6.29. The van der Waals surface area contributed by atoms with Crippen LogP contribution in [-0.4, -0.2) is 57.0 Å². The molecular weight excluding hydrogens is 500 g/mol. The van der Waals surface area contributed by atoms with Gasteiger partial charge in [0.05, 0.1) is 5.69 Å². The van der Waals surface area contributed by atoms with Crippen molar-refractivity contribution in [1.29, 1.82) is 0 Å². The summed E-state index contributed by atoms with van der Waals surface area (Å²) >= 11 is 5.85. The normalized spacial score (nSPS) is 10.8. The Morgan fingerprint density at radius 3 is 2.62 bits per heavy atom. The zero-order valence-electron chi connectivity index (χ0n) is 20.7. The molecule has 0 spiro atoms. The van der Waals surface area contributed by atoms with Crippen molar-refractivity contribution in [3.63, 3.8) is 0 Å². The van der Waals surface area contributed by atoms with Gasteiger partial charge in [-0.1, -0.05) is 41.1 Å². The lowest BCUT2D eigenvalue weighted by atomic mass is 10.1. The Bertz CT molecular complexity index is 1140. The molecule has 2 amide bonds. The molecule has 198 valence electrons. The molecule has 2 aromatic heterocycles. The number of nitrogens with one attached hydrogen (secondary N) is 2. The largest absolute Gasteiger partial charge is 0.473 e. The lowest BCUT2D eigenvalue weighted by Crippen LogP contribution is -2.28. The lowest BCUT2D eigenvalue weighted by Gasteiger charge is -2.08. The highest BCUT2D eigenvalue weighted by atomic mass is 35.5. The van der Waals surface area contributed by atoms with E-state index in [1.165, 1.54) is 13.2 Å². The zero-order valence-corrected chi connectivity index (χ0v) is 21.4. The van der Waals surface area contributed by atoms with E-state index < -0.39 is 0 Å². The number of hydrogen-bond acceptors (Lipinski definition) is 9. The smallest absolute Gasteiger partial charge is 0.245 e. The summed E-state index contributed by atoms with van der Waals surface area (Å²) in [6, 6.07) is 9.20. The standard InChI is InChI=1S/C24H31ClN8O4/c1-36-16-22(35)27-10-2-4-19-14-33(32-31-19)11-3-5-21(34)28-13-17-6-8-18(9-7-17)15-37-23-12-20(25)29-24(26)30-23/h6-9,12,14H,2-5,10-11,13,15-16H2,1H3,(H,27,35)(H,28,34)(H2,26,29,30). The molecule has 0 unspecified atom stereocenters. The van der Waals surface area contributed by atoms with E-state index in [1.54, 1.807) is 4.68 Å². The molecule has 37 heavy (non-hydrogen) atoms. The van der Waals surface area contributed by atoms with Gasteiger partial charge in [-0.15, -0.1) is 5.10 Å². The van der Waals surface area contributed by atoms with Crippen LogP contribution in [0.25, 0.3) is 0 Å². The fourth-order valence-electron chi connectivity index (χ4n) is 3.33. The van der Waals surface area contributed by atoms with Gasteiger partial charge in [-0.25, -0.2) is 4.98 Å². The fourth-order valence-corrected chi connectivity index (χ4v) is 3.51. The first kappa shape index (κ1) is 27.8. The van der Waals surface area contributed by atoms with Crippen LogP contribution in [0.15, 0.2) is 36.5 Å². The summed E-state index contributed by atoms with van der Waals surface area (Å²) in [4.78, 5) is 31.3. The number of hydrogen-bond donors (Lipinski definition) is 3. The summed E-state index contributed by atoms with van der Waals surface area (Å²) in [7, 11) is 1.48. The monoisotopic (exact) mass is 530 g/mol. The maximum Gasteiger partial charge on any atom is 0.245 e. The Hall–Kier alpha value is -3.77. The summed E-state index contributed by atoms with van der Waals surface area (Å²) in [5, 5.41) is 14.2. The number of carbonyl (C=O) groups excluding carboxylic acids is 2. The second kappa shape index (κ2) is 14.7. The van der Waals surface area contributed by atoms with Crippen LogP contribution in [0.3, 0.4) is 0 Å². The van der Waals surface area contributed by atoms with Crippen LogP contribution < -0.4 is 21.1 Å². The predicted octanol–water partition coefficient (Wildman–Crippen LogP) is 1.67. The average molecular weight is 531 g/mol. The number of amides is 2. The molecule has 13 heteroatoms. The van der Waals surface area contributed by atoms with Gasteiger partial charge in [0.25, 0.3) is 0 Å². The van der Waals surface area contributed by atoms with Crippen molar-refractivity contribution in [2.24, 2.45) is 0 Å². The molecule has 12 nitrogen and oxygen atoms in total. The van der Waals surface area contributed by atoms with Gasteiger partial charge in [0.15, 0.2) is 0 Å². The molecule has 0 radical (unpaired) electrons. The second-order valence-electron chi connectivity index (χ2n) is 8.23. The minimum atomic E-state index is -0.136. The number of nitrogens with two attached hydrogens (primary N) is 1. The van der Waals surface area contributed by atoms with E-state index in [9.17, 15) is 9.59 Å². The van der Waals surface area contributed by atoms with Crippen molar-refractivity contribution in [1.82, 2.24) is 35.6 Å². The maximum atomic E-state index is 12.2. The molecule has 2 heterocycles. The van der Waals surface area contributed by atoms with Crippen LogP contribution in [0.5, 0.6) is 5.88 Å². The first-order chi connectivity index (χ1) is 17.9. The van der Waals surface area contributed by atoms with E-state index in [0.717, 1.165) is 23.2 Å². The third-order valence-corrected chi connectivity index (χ3v) is 5.37. The molecule has 3 aromatic rings. The molecule has 0 atom stereocenters. The molecule has 0 fully saturated rings. The van der Waals surface area contributed by atoms with E-state index in [0.29, 0.717) is 51.4 Å². The number of ether oxygens (including phenoxy) is 2. The van der Waals surface area contributed by atoms with Gasteiger partial charge in [0.2, 0.25) is 23.6 Å². The molecule has 3 rings (SSSR count). The molecule has 0 aliphatic heterocycles. The van der Waals surface area contributed by atoms with Crippen molar-refractivity contribution in [3.05, 3.63) is 58.5 Å². The quantitative estimate of drug-likeness (QED) is 0.196. The minimum absolute atomic E-state index is 0.0298. The second-order valence-corrected chi connectivity index (χ2v) is 8.62. The van der Waals surface area contributed by atoms with Crippen molar-refractivity contribution in [2.45, 2.75) is 45.4 Å². The number of rotatable bonds is 15. The van der Waals surface area contributed by atoms with E-state index >= 15 is 0 Å². The minimum Gasteiger partial charge on any atom is -0.473 e. The maximum absolute atomic E-state index is 12.2. The lowest BCUT2D eigenvalue weighted by molar-refractivity contribution is -0.124. The average Bonchev–Trinajstić information content (AvgIpc) is 3.32. The van der Waals surface area contributed by atoms with Crippen LogP contribution in [0, 0.1) is 0 Å². The number of halogens is 1. The highest BCUT2D eigenvalue weighted by Crippen LogP contribution is 2.16. The molecule has 1 aromatic carbocycles. The van der Waals surface area contributed by atoms with E-state index in [2.05, 4.69) is 30.9 Å². The molecular formula is C24H31ClN8O4. The third kappa shape index (κ3) is 10.4. The van der Waals surface area contributed by atoms with Crippen molar-refractivity contribution in [3.8, 4) is 5.88 Å². The summed E-state index contributed by atoms with van der Waals surface area (Å²) in [6.45, 7) is 1.95. The molecule has 0 aliphatic carbocycles. The number of aryl methyl sites for hydroxylation is 2. The molecule has 0 saturated heterocycles. The van der Waals surface area contributed by atoms with Crippen LogP contribution >= 0.6 is 11.6 Å². The summed E-state index contributed by atoms with van der Waals surface area (Å²) < 4.78 is 12.1. The predicted molar refractivity (Wildman–Crippen MR) is 137 cm³/mol.